The number of halogens is 3. The van der Waals surface area contributed by atoms with Gasteiger partial charge >= 0.3 is 6.18 Å². The normalized spacial score (nSPS) is 15.9. The third-order valence-corrected chi connectivity index (χ3v) is 4.96. The van der Waals surface area contributed by atoms with Crippen LogP contribution in [0, 0.1) is 6.92 Å². The molecule has 3 heterocycles. The number of hydrogen-bond acceptors (Lipinski definition) is 5. The molecule has 1 aliphatic carbocycles. The molecule has 0 saturated heterocycles. The zero-order chi connectivity index (χ0) is 21.6. The topological polar surface area (TPSA) is 86.9 Å². The van der Waals surface area contributed by atoms with Gasteiger partial charge in [-0.15, -0.1) is 0 Å². The van der Waals surface area contributed by atoms with Gasteiger partial charge < -0.3 is 10.1 Å². The first-order chi connectivity index (χ1) is 14.2. The highest BCUT2D eigenvalue weighted by Gasteiger charge is 2.36. The van der Waals surface area contributed by atoms with Crippen LogP contribution in [0.15, 0.2) is 24.4 Å². The van der Waals surface area contributed by atoms with Gasteiger partial charge in [0.15, 0.2) is 5.69 Å². The Morgan fingerprint density at radius 3 is 2.70 bits per heavy atom. The first kappa shape index (κ1) is 19.9. The van der Waals surface area contributed by atoms with Crippen molar-refractivity contribution in [1.29, 1.82) is 0 Å². The number of hydrogen-bond donors (Lipinski definition) is 1. The van der Waals surface area contributed by atoms with Gasteiger partial charge in [0.1, 0.15) is 5.69 Å². The van der Waals surface area contributed by atoms with Crippen molar-refractivity contribution in [3.8, 4) is 11.6 Å². The number of pyridine rings is 1. The summed E-state index contributed by atoms with van der Waals surface area (Å²) in [6.45, 7) is 1.84. The molecule has 0 aromatic carbocycles. The van der Waals surface area contributed by atoms with Gasteiger partial charge in [-0.2, -0.15) is 23.4 Å². The van der Waals surface area contributed by atoms with E-state index in [2.05, 4.69) is 20.5 Å². The maximum Gasteiger partial charge on any atom is 0.435 e. The molecule has 4 rings (SSSR count). The van der Waals surface area contributed by atoms with E-state index in [0.717, 1.165) is 33.4 Å². The van der Waals surface area contributed by atoms with Crippen LogP contribution >= 0.6 is 0 Å². The van der Waals surface area contributed by atoms with Gasteiger partial charge in [0.25, 0.3) is 5.91 Å². The predicted molar refractivity (Wildman–Crippen MR) is 99.4 cm³/mol. The molecular formula is C19H19F3N6O2. The van der Waals surface area contributed by atoms with Gasteiger partial charge in [-0.25, -0.2) is 9.67 Å². The summed E-state index contributed by atoms with van der Waals surface area (Å²) in [4.78, 5) is 16.8. The lowest BCUT2D eigenvalue weighted by Gasteiger charge is -2.13. The Morgan fingerprint density at radius 1 is 1.27 bits per heavy atom. The van der Waals surface area contributed by atoms with Gasteiger partial charge in [-0.1, -0.05) is 0 Å². The molecule has 1 aliphatic rings. The molecule has 0 radical (unpaired) electrons. The number of rotatable bonds is 4. The Labute approximate surface area is 169 Å². The number of fused-ring (bicyclic) bond motifs is 1. The molecule has 30 heavy (non-hydrogen) atoms. The molecular weight excluding hydrogens is 401 g/mol. The number of methoxy groups -OCH3 is 1. The number of alkyl halides is 3. The van der Waals surface area contributed by atoms with E-state index in [1.54, 1.807) is 10.7 Å². The van der Waals surface area contributed by atoms with Crippen LogP contribution in [-0.2, 0) is 19.6 Å². The van der Waals surface area contributed by atoms with Crippen LogP contribution in [0.25, 0.3) is 5.69 Å². The Kier molecular flexibility index (Phi) is 4.75. The number of nitrogens with one attached hydrogen (secondary N) is 1. The van der Waals surface area contributed by atoms with Crippen LogP contribution in [0.1, 0.15) is 45.6 Å². The fraction of sp³-hybridized carbons (Fsp3) is 0.368. The van der Waals surface area contributed by atoms with E-state index in [1.807, 2.05) is 19.2 Å². The fourth-order valence-corrected chi connectivity index (χ4v) is 3.53. The lowest BCUT2D eigenvalue weighted by molar-refractivity contribution is -0.141. The molecule has 0 fully saturated rings. The molecule has 1 atom stereocenters. The molecule has 0 spiro atoms. The molecule has 3 aromatic rings. The average molecular weight is 420 g/mol. The largest absolute Gasteiger partial charge is 0.481 e. The summed E-state index contributed by atoms with van der Waals surface area (Å²) in [5, 5.41) is 10.8. The summed E-state index contributed by atoms with van der Waals surface area (Å²) < 4.78 is 46.4. The lowest BCUT2D eigenvalue weighted by atomic mass is 10.2. The minimum Gasteiger partial charge on any atom is -0.481 e. The molecule has 1 amide bonds. The van der Waals surface area contributed by atoms with Crippen molar-refractivity contribution >= 4 is 5.91 Å². The Hall–Kier alpha value is -3.37. The molecule has 8 nitrogen and oxygen atoms in total. The number of carbonyl (C=O) groups excluding carboxylic acids is 1. The summed E-state index contributed by atoms with van der Waals surface area (Å²) in [7, 11) is 2.84. The maximum atomic E-state index is 12.9. The van der Waals surface area contributed by atoms with Crippen molar-refractivity contribution < 1.29 is 22.7 Å². The molecule has 0 saturated carbocycles. The third-order valence-electron chi connectivity index (χ3n) is 4.96. The highest BCUT2D eigenvalue weighted by atomic mass is 19.4. The minimum atomic E-state index is -4.61. The second kappa shape index (κ2) is 7.15. The number of nitrogens with zero attached hydrogens (tertiary/aromatic N) is 5. The van der Waals surface area contributed by atoms with Crippen molar-refractivity contribution in [2.45, 2.75) is 32.0 Å². The average Bonchev–Trinajstić information content (AvgIpc) is 3.36. The molecule has 1 unspecified atom stereocenters. The molecule has 0 bridgehead atoms. The second-order valence-corrected chi connectivity index (χ2v) is 7.09. The molecule has 0 aliphatic heterocycles. The van der Waals surface area contributed by atoms with Crippen LogP contribution in [0.4, 0.5) is 13.2 Å². The van der Waals surface area contributed by atoms with Crippen LogP contribution in [0.5, 0.6) is 5.88 Å². The van der Waals surface area contributed by atoms with Gasteiger partial charge in [0.05, 0.1) is 24.5 Å². The monoisotopic (exact) mass is 420 g/mol. The number of aromatic nitrogens is 5. The van der Waals surface area contributed by atoms with Crippen molar-refractivity contribution in [1.82, 2.24) is 29.9 Å². The Bertz CT molecular complexity index is 1120. The van der Waals surface area contributed by atoms with Crippen LogP contribution in [-0.4, -0.2) is 37.6 Å². The predicted octanol–water partition coefficient (Wildman–Crippen LogP) is 2.75. The second-order valence-electron chi connectivity index (χ2n) is 7.09. The summed E-state index contributed by atoms with van der Waals surface area (Å²) in [5.74, 6) is -0.158. The van der Waals surface area contributed by atoms with E-state index in [4.69, 9.17) is 4.74 Å². The first-order valence-corrected chi connectivity index (χ1v) is 9.19. The summed E-state index contributed by atoms with van der Waals surface area (Å²) in [5.41, 5.74) is 1.93. The smallest absolute Gasteiger partial charge is 0.435 e. The van der Waals surface area contributed by atoms with Crippen LogP contribution < -0.4 is 10.1 Å². The van der Waals surface area contributed by atoms with Gasteiger partial charge in [-0.05, 0) is 25.8 Å². The van der Waals surface area contributed by atoms with Crippen molar-refractivity contribution in [3.63, 3.8) is 0 Å². The lowest BCUT2D eigenvalue weighted by Crippen LogP contribution is -2.28. The first-order valence-electron chi connectivity index (χ1n) is 9.19. The Balaban J connectivity index is 1.57. The summed E-state index contributed by atoms with van der Waals surface area (Å²) in [6.07, 6.45) is -1.53. The zero-order valence-corrected chi connectivity index (χ0v) is 16.5. The Morgan fingerprint density at radius 2 is 2.03 bits per heavy atom. The van der Waals surface area contributed by atoms with Crippen LogP contribution in [0.2, 0.25) is 0 Å². The van der Waals surface area contributed by atoms with E-state index in [1.165, 1.54) is 14.2 Å². The fourth-order valence-electron chi connectivity index (χ4n) is 3.53. The van der Waals surface area contributed by atoms with E-state index in [-0.39, 0.29) is 11.7 Å². The van der Waals surface area contributed by atoms with Gasteiger partial charge in [-0.3, -0.25) is 9.48 Å². The van der Waals surface area contributed by atoms with Gasteiger partial charge in [0, 0.05) is 36.6 Å². The minimum absolute atomic E-state index is 0.155. The van der Waals surface area contributed by atoms with Crippen molar-refractivity contribution in [2.24, 2.45) is 7.05 Å². The van der Waals surface area contributed by atoms with Crippen molar-refractivity contribution in [2.75, 3.05) is 7.11 Å². The van der Waals surface area contributed by atoms with Crippen molar-refractivity contribution in [3.05, 3.63) is 52.7 Å². The maximum absolute atomic E-state index is 12.9. The third kappa shape index (κ3) is 3.62. The van der Waals surface area contributed by atoms with Gasteiger partial charge in [0.2, 0.25) is 5.88 Å². The number of amides is 1. The van der Waals surface area contributed by atoms with E-state index in [9.17, 15) is 18.0 Å². The van der Waals surface area contributed by atoms with Crippen LogP contribution in [0.3, 0.4) is 0 Å². The highest BCUT2D eigenvalue weighted by Crippen LogP contribution is 2.32. The molecule has 1 N–H and O–H groups in total. The van der Waals surface area contributed by atoms with E-state index in [0.29, 0.717) is 18.7 Å². The molecule has 3 aromatic heterocycles. The summed E-state index contributed by atoms with van der Waals surface area (Å²) in [6, 6.07) is 4.00. The SMILES string of the molecule is COc1cc(-n2cc3c(n2)CCC3NC(=O)c2cc(C(F)(F)F)nn2C)cc(C)n1. The van der Waals surface area contributed by atoms with E-state index >= 15 is 0 Å². The number of ether oxygens (including phenoxy) is 1. The number of carbonyl (C=O) groups is 1. The standard InChI is InChI=1S/C19H19F3N6O2/c1-10-6-11(7-17(23-10)30-3)28-9-12-13(4-5-14(12)25-28)24-18(29)15-8-16(19(20,21)22)26-27(15)2/h6-9,13H,4-5H2,1-3H3,(H,24,29). The zero-order valence-electron chi connectivity index (χ0n) is 16.5. The molecule has 11 heteroatoms. The quantitative estimate of drug-likeness (QED) is 0.702. The number of aryl methyl sites for hydroxylation is 3. The molecule has 158 valence electrons. The summed E-state index contributed by atoms with van der Waals surface area (Å²) >= 11 is 0. The highest BCUT2D eigenvalue weighted by molar-refractivity contribution is 5.93. The van der Waals surface area contributed by atoms with E-state index < -0.39 is 17.8 Å².